The molecule has 1 aliphatic rings. The molecule has 1 heterocycles. The first-order valence-corrected chi connectivity index (χ1v) is 6.51. The molecule has 0 bridgehead atoms. The zero-order valence-corrected chi connectivity index (χ0v) is 11.1. The number of ether oxygens (including phenoxy) is 1. The number of aromatic nitrogens is 2. The lowest BCUT2D eigenvalue weighted by atomic mass is 10.2. The van der Waals surface area contributed by atoms with E-state index in [0.29, 0.717) is 29.6 Å². The molecular weight excluding hydrogens is 258 g/mol. The zero-order valence-electron chi connectivity index (χ0n) is 11.1. The predicted molar refractivity (Wildman–Crippen MR) is 71.4 cm³/mol. The number of benzene rings is 1. The summed E-state index contributed by atoms with van der Waals surface area (Å²) in [6.45, 7) is 0.383. The molecule has 3 rings (SSSR count). The molecule has 0 saturated heterocycles. The summed E-state index contributed by atoms with van der Waals surface area (Å²) in [5.74, 6) is 1.39. The van der Waals surface area contributed by atoms with Crippen molar-refractivity contribution in [3.63, 3.8) is 0 Å². The smallest absolute Gasteiger partial charge is 0.339 e. The molecule has 1 fully saturated rings. The summed E-state index contributed by atoms with van der Waals surface area (Å²) in [6, 6.07) is 7.15. The Morgan fingerprint density at radius 1 is 1.45 bits per heavy atom. The van der Waals surface area contributed by atoms with E-state index in [4.69, 9.17) is 9.26 Å². The molecule has 6 heteroatoms. The van der Waals surface area contributed by atoms with Crippen LogP contribution in [0.3, 0.4) is 0 Å². The van der Waals surface area contributed by atoms with Gasteiger partial charge in [-0.3, -0.25) is 0 Å². The van der Waals surface area contributed by atoms with Crippen LogP contribution in [0.1, 0.15) is 40.8 Å². The SMILES string of the molecule is COC(=O)c1ccccc1NCc1nc(C2CC2)no1. The van der Waals surface area contributed by atoms with E-state index >= 15 is 0 Å². The van der Waals surface area contributed by atoms with E-state index in [1.165, 1.54) is 7.11 Å². The first kappa shape index (κ1) is 12.7. The fourth-order valence-electron chi connectivity index (χ4n) is 1.94. The van der Waals surface area contributed by atoms with Crippen molar-refractivity contribution >= 4 is 11.7 Å². The van der Waals surface area contributed by atoms with Gasteiger partial charge in [0, 0.05) is 11.6 Å². The van der Waals surface area contributed by atoms with Crippen molar-refractivity contribution in [2.24, 2.45) is 0 Å². The molecule has 0 atom stereocenters. The van der Waals surface area contributed by atoms with Crippen LogP contribution in [0.2, 0.25) is 0 Å². The summed E-state index contributed by atoms with van der Waals surface area (Å²) in [5.41, 5.74) is 1.17. The van der Waals surface area contributed by atoms with Gasteiger partial charge in [-0.15, -0.1) is 0 Å². The van der Waals surface area contributed by atoms with E-state index in [0.717, 1.165) is 18.7 Å². The minimum absolute atomic E-state index is 0.378. The van der Waals surface area contributed by atoms with Gasteiger partial charge >= 0.3 is 5.97 Å². The quantitative estimate of drug-likeness (QED) is 0.842. The van der Waals surface area contributed by atoms with Gasteiger partial charge in [0.1, 0.15) is 0 Å². The number of carbonyl (C=O) groups is 1. The van der Waals surface area contributed by atoms with E-state index in [-0.39, 0.29) is 5.97 Å². The number of hydrogen-bond donors (Lipinski definition) is 1. The number of esters is 1. The van der Waals surface area contributed by atoms with E-state index in [1.54, 1.807) is 12.1 Å². The van der Waals surface area contributed by atoms with Crippen LogP contribution in [-0.2, 0) is 11.3 Å². The Labute approximate surface area is 116 Å². The van der Waals surface area contributed by atoms with Gasteiger partial charge < -0.3 is 14.6 Å². The summed E-state index contributed by atoms with van der Waals surface area (Å²) in [6.07, 6.45) is 2.27. The van der Waals surface area contributed by atoms with Crippen molar-refractivity contribution in [3.8, 4) is 0 Å². The predicted octanol–water partition coefficient (Wildman–Crippen LogP) is 2.35. The first-order valence-electron chi connectivity index (χ1n) is 6.51. The average Bonchev–Trinajstić information content (AvgIpc) is 3.24. The van der Waals surface area contributed by atoms with Gasteiger partial charge in [-0.2, -0.15) is 4.98 Å². The second-order valence-corrected chi connectivity index (χ2v) is 4.71. The standard InChI is InChI=1S/C14H15N3O3/c1-19-14(18)10-4-2-3-5-11(10)15-8-12-16-13(17-20-12)9-6-7-9/h2-5,9,15H,6-8H2,1H3. The van der Waals surface area contributed by atoms with Crippen molar-refractivity contribution in [1.29, 1.82) is 0 Å². The van der Waals surface area contributed by atoms with Crippen molar-refractivity contribution in [2.75, 3.05) is 12.4 Å². The summed E-state index contributed by atoms with van der Waals surface area (Å²) in [7, 11) is 1.36. The number of nitrogens with zero attached hydrogens (tertiary/aromatic N) is 2. The number of carbonyl (C=O) groups excluding carboxylic acids is 1. The lowest BCUT2D eigenvalue weighted by Crippen LogP contribution is -2.08. The van der Waals surface area contributed by atoms with E-state index in [9.17, 15) is 4.79 Å². The molecule has 1 saturated carbocycles. The fraction of sp³-hybridized carbons (Fsp3) is 0.357. The van der Waals surface area contributed by atoms with E-state index in [2.05, 4.69) is 15.5 Å². The van der Waals surface area contributed by atoms with Gasteiger partial charge in [-0.1, -0.05) is 17.3 Å². The zero-order chi connectivity index (χ0) is 13.9. The van der Waals surface area contributed by atoms with Gasteiger partial charge in [-0.25, -0.2) is 4.79 Å². The summed E-state index contributed by atoms with van der Waals surface area (Å²) >= 11 is 0. The Balaban J connectivity index is 1.69. The van der Waals surface area contributed by atoms with E-state index in [1.807, 2.05) is 12.1 Å². The molecule has 0 unspecified atom stereocenters. The molecule has 6 nitrogen and oxygen atoms in total. The molecule has 0 radical (unpaired) electrons. The molecule has 0 spiro atoms. The van der Waals surface area contributed by atoms with Crippen molar-refractivity contribution < 1.29 is 14.1 Å². The van der Waals surface area contributed by atoms with Crippen molar-refractivity contribution in [3.05, 3.63) is 41.5 Å². The van der Waals surface area contributed by atoms with E-state index < -0.39 is 0 Å². The van der Waals surface area contributed by atoms with Gasteiger partial charge in [0.2, 0.25) is 5.89 Å². The minimum Gasteiger partial charge on any atom is -0.465 e. The highest BCUT2D eigenvalue weighted by atomic mass is 16.5. The van der Waals surface area contributed by atoms with Gasteiger partial charge in [0.05, 0.1) is 19.2 Å². The molecule has 1 N–H and O–H groups in total. The second-order valence-electron chi connectivity index (χ2n) is 4.71. The Morgan fingerprint density at radius 3 is 3.00 bits per heavy atom. The van der Waals surface area contributed by atoms with Crippen LogP contribution in [-0.4, -0.2) is 23.2 Å². The normalized spacial score (nSPS) is 14.1. The number of methoxy groups -OCH3 is 1. The Hall–Kier alpha value is -2.37. The maximum Gasteiger partial charge on any atom is 0.339 e. The van der Waals surface area contributed by atoms with Crippen LogP contribution in [0.15, 0.2) is 28.8 Å². The molecule has 0 aliphatic heterocycles. The average molecular weight is 273 g/mol. The van der Waals surface area contributed by atoms with Crippen LogP contribution in [0.5, 0.6) is 0 Å². The van der Waals surface area contributed by atoms with Crippen LogP contribution < -0.4 is 5.32 Å². The number of anilines is 1. The second kappa shape index (κ2) is 5.32. The molecule has 1 aliphatic carbocycles. The highest BCUT2D eigenvalue weighted by Crippen LogP contribution is 2.38. The third-order valence-electron chi connectivity index (χ3n) is 3.19. The van der Waals surface area contributed by atoms with Crippen molar-refractivity contribution in [1.82, 2.24) is 10.1 Å². The molecule has 104 valence electrons. The third kappa shape index (κ3) is 2.64. The minimum atomic E-state index is -0.378. The fourth-order valence-corrected chi connectivity index (χ4v) is 1.94. The number of para-hydroxylation sites is 1. The first-order chi connectivity index (χ1) is 9.78. The Bertz CT molecular complexity index is 620. The van der Waals surface area contributed by atoms with Crippen LogP contribution in [0.25, 0.3) is 0 Å². The number of hydrogen-bond acceptors (Lipinski definition) is 6. The Morgan fingerprint density at radius 2 is 2.25 bits per heavy atom. The maximum absolute atomic E-state index is 11.6. The van der Waals surface area contributed by atoms with Crippen LogP contribution in [0, 0.1) is 0 Å². The molecular formula is C14H15N3O3. The number of rotatable bonds is 5. The molecule has 1 aromatic heterocycles. The molecule has 1 aromatic carbocycles. The third-order valence-corrected chi connectivity index (χ3v) is 3.19. The van der Waals surface area contributed by atoms with Crippen LogP contribution in [0.4, 0.5) is 5.69 Å². The highest BCUT2D eigenvalue weighted by Gasteiger charge is 2.28. The number of nitrogens with one attached hydrogen (secondary N) is 1. The lowest BCUT2D eigenvalue weighted by molar-refractivity contribution is 0.0602. The largest absolute Gasteiger partial charge is 0.465 e. The Kier molecular flexibility index (Phi) is 3.37. The van der Waals surface area contributed by atoms with Gasteiger partial charge in [0.25, 0.3) is 0 Å². The van der Waals surface area contributed by atoms with Crippen LogP contribution >= 0.6 is 0 Å². The maximum atomic E-state index is 11.6. The highest BCUT2D eigenvalue weighted by molar-refractivity contribution is 5.95. The van der Waals surface area contributed by atoms with Gasteiger partial charge in [-0.05, 0) is 25.0 Å². The molecule has 0 amide bonds. The summed E-state index contributed by atoms with van der Waals surface area (Å²) in [5, 5.41) is 7.07. The summed E-state index contributed by atoms with van der Waals surface area (Å²) in [4.78, 5) is 16.0. The topological polar surface area (TPSA) is 77.2 Å². The monoisotopic (exact) mass is 273 g/mol. The molecule has 20 heavy (non-hydrogen) atoms. The molecule has 2 aromatic rings. The van der Waals surface area contributed by atoms with Gasteiger partial charge in [0.15, 0.2) is 5.82 Å². The summed E-state index contributed by atoms with van der Waals surface area (Å²) < 4.78 is 9.92. The lowest BCUT2D eigenvalue weighted by Gasteiger charge is -2.08. The van der Waals surface area contributed by atoms with Crippen molar-refractivity contribution in [2.45, 2.75) is 25.3 Å².